The van der Waals surface area contributed by atoms with Gasteiger partial charge < -0.3 is 14.2 Å². The van der Waals surface area contributed by atoms with Crippen LogP contribution in [0.25, 0.3) is 32.7 Å². The van der Waals surface area contributed by atoms with Crippen LogP contribution in [0, 0.1) is 0 Å². The van der Waals surface area contributed by atoms with E-state index in [9.17, 15) is 0 Å². The minimum atomic E-state index is -0.158. The van der Waals surface area contributed by atoms with E-state index in [0.29, 0.717) is 0 Å². The van der Waals surface area contributed by atoms with Crippen LogP contribution in [0.4, 0.5) is 34.1 Å². The van der Waals surface area contributed by atoms with Gasteiger partial charge in [-0.2, -0.15) is 0 Å². The van der Waals surface area contributed by atoms with Crippen LogP contribution in [0.1, 0.15) is 35.1 Å². The van der Waals surface area contributed by atoms with Crippen molar-refractivity contribution in [2.24, 2.45) is 0 Å². The fourth-order valence-electron chi connectivity index (χ4n) is 9.76. The number of para-hydroxylation sites is 3. The van der Waals surface area contributed by atoms with E-state index in [0.717, 1.165) is 53.3 Å². The Morgan fingerprint density at radius 3 is 1.63 bits per heavy atom. The van der Waals surface area contributed by atoms with E-state index in [4.69, 9.17) is 4.42 Å². The monoisotopic (exact) mass is 694 g/mol. The van der Waals surface area contributed by atoms with Crippen molar-refractivity contribution in [2.75, 3.05) is 9.80 Å². The summed E-state index contributed by atoms with van der Waals surface area (Å²) in [7, 11) is 0. The van der Waals surface area contributed by atoms with Gasteiger partial charge in [0.2, 0.25) is 0 Å². The highest BCUT2D eigenvalue weighted by Crippen LogP contribution is 2.60. The van der Waals surface area contributed by atoms with Gasteiger partial charge in [-0.15, -0.1) is 0 Å². The highest BCUT2D eigenvalue weighted by molar-refractivity contribution is 6.07. The molecule has 2 aliphatic rings. The van der Waals surface area contributed by atoms with Gasteiger partial charge in [0.1, 0.15) is 11.2 Å². The quantitative estimate of drug-likeness (QED) is 0.173. The third-order valence-corrected chi connectivity index (χ3v) is 12.0. The van der Waals surface area contributed by atoms with E-state index in [1.807, 2.05) is 6.07 Å². The maximum Gasteiger partial charge on any atom is 0.135 e. The predicted octanol–water partition coefficient (Wildman–Crippen LogP) is 13.9. The second-order valence-corrected chi connectivity index (χ2v) is 14.8. The first-order chi connectivity index (χ1) is 26.8. The van der Waals surface area contributed by atoms with Gasteiger partial charge in [-0.1, -0.05) is 115 Å². The van der Waals surface area contributed by atoms with Crippen molar-refractivity contribution in [2.45, 2.75) is 31.1 Å². The SMILES string of the molecule is c1ccc(N(c2ccccc2)c2cccc3c2[C@@]2(CC3)CCc3cccc(N(c4ccc5oc6ccccc6c5c4)c4cccc5ccccc45)c32)cc1. The molecule has 8 aromatic carbocycles. The summed E-state index contributed by atoms with van der Waals surface area (Å²) >= 11 is 0. The van der Waals surface area contributed by atoms with Gasteiger partial charge >= 0.3 is 0 Å². The van der Waals surface area contributed by atoms with Crippen molar-refractivity contribution in [3.8, 4) is 0 Å². The van der Waals surface area contributed by atoms with E-state index in [2.05, 4.69) is 186 Å². The van der Waals surface area contributed by atoms with Crippen LogP contribution in [-0.2, 0) is 18.3 Å². The second-order valence-electron chi connectivity index (χ2n) is 14.8. The second kappa shape index (κ2) is 12.2. The Labute approximate surface area is 315 Å². The Balaban J connectivity index is 1.18. The number of benzene rings is 8. The lowest BCUT2D eigenvalue weighted by Crippen LogP contribution is -2.27. The summed E-state index contributed by atoms with van der Waals surface area (Å²) in [5.41, 5.74) is 14.7. The lowest BCUT2D eigenvalue weighted by Gasteiger charge is -2.37. The van der Waals surface area contributed by atoms with E-state index in [-0.39, 0.29) is 5.41 Å². The number of anilines is 6. The van der Waals surface area contributed by atoms with Gasteiger partial charge in [-0.25, -0.2) is 0 Å². The first kappa shape index (κ1) is 31.0. The number of nitrogens with zero attached hydrogens (tertiary/aromatic N) is 2. The van der Waals surface area contributed by atoms with Crippen molar-refractivity contribution >= 4 is 66.8 Å². The van der Waals surface area contributed by atoms with Crippen molar-refractivity contribution in [1.29, 1.82) is 0 Å². The maximum absolute atomic E-state index is 6.34. The molecule has 0 N–H and O–H groups in total. The number of hydrogen-bond acceptors (Lipinski definition) is 3. The summed E-state index contributed by atoms with van der Waals surface area (Å²) in [4.78, 5) is 5.02. The van der Waals surface area contributed by atoms with Gasteiger partial charge in [0.05, 0.1) is 17.1 Å². The first-order valence-electron chi connectivity index (χ1n) is 19.1. The summed E-state index contributed by atoms with van der Waals surface area (Å²) in [5.74, 6) is 0. The van der Waals surface area contributed by atoms with Gasteiger partial charge in [-0.05, 0) is 120 Å². The van der Waals surface area contributed by atoms with E-state index in [1.165, 1.54) is 61.5 Å². The lowest BCUT2D eigenvalue weighted by molar-refractivity contribution is 0.508. The zero-order chi connectivity index (χ0) is 35.6. The fourth-order valence-corrected chi connectivity index (χ4v) is 9.76. The van der Waals surface area contributed by atoms with Gasteiger partial charge in [0.15, 0.2) is 0 Å². The average Bonchev–Trinajstić information content (AvgIpc) is 3.93. The average molecular weight is 695 g/mol. The van der Waals surface area contributed by atoms with Crippen LogP contribution in [0.3, 0.4) is 0 Å². The lowest BCUT2D eigenvalue weighted by atomic mass is 9.74. The molecule has 0 bridgehead atoms. The molecule has 0 radical (unpaired) electrons. The maximum atomic E-state index is 6.34. The molecule has 1 atom stereocenters. The first-order valence-corrected chi connectivity index (χ1v) is 19.1. The van der Waals surface area contributed by atoms with E-state index < -0.39 is 0 Å². The molecule has 9 aromatic rings. The van der Waals surface area contributed by atoms with Crippen molar-refractivity contribution in [3.05, 3.63) is 204 Å². The van der Waals surface area contributed by atoms with Gasteiger partial charge in [0, 0.05) is 38.6 Å². The van der Waals surface area contributed by atoms with Crippen LogP contribution in [-0.4, -0.2) is 0 Å². The molecule has 1 heterocycles. The molecule has 54 heavy (non-hydrogen) atoms. The molecule has 3 heteroatoms. The Kier molecular flexibility index (Phi) is 7.03. The largest absolute Gasteiger partial charge is 0.456 e. The Morgan fingerprint density at radius 1 is 0.389 bits per heavy atom. The normalized spacial score (nSPS) is 15.9. The Hall–Kier alpha value is -6.58. The molecule has 11 rings (SSSR count). The molecule has 0 saturated heterocycles. The van der Waals surface area contributed by atoms with E-state index in [1.54, 1.807) is 0 Å². The van der Waals surface area contributed by atoms with Crippen LogP contribution in [0.5, 0.6) is 0 Å². The Morgan fingerprint density at radius 2 is 0.926 bits per heavy atom. The molecular weight excluding hydrogens is 657 g/mol. The Bertz CT molecular complexity index is 2810. The zero-order valence-electron chi connectivity index (χ0n) is 30.0. The molecule has 0 unspecified atom stereocenters. The molecule has 258 valence electrons. The summed E-state index contributed by atoms with van der Waals surface area (Å²) in [6, 6.07) is 66.4. The number of aryl methyl sites for hydroxylation is 2. The fraction of sp³-hybridized carbons (Fsp3) is 0.0980. The third-order valence-electron chi connectivity index (χ3n) is 12.0. The highest BCUT2D eigenvalue weighted by atomic mass is 16.3. The van der Waals surface area contributed by atoms with Crippen LogP contribution >= 0.6 is 0 Å². The highest BCUT2D eigenvalue weighted by Gasteiger charge is 2.49. The molecule has 0 amide bonds. The molecule has 1 aromatic heterocycles. The molecule has 0 aliphatic heterocycles. The predicted molar refractivity (Wildman–Crippen MR) is 224 cm³/mol. The number of hydrogen-bond donors (Lipinski definition) is 0. The molecule has 3 nitrogen and oxygen atoms in total. The van der Waals surface area contributed by atoms with Crippen molar-refractivity contribution in [1.82, 2.24) is 0 Å². The summed E-state index contributed by atoms with van der Waals surface area (Å²) in [6.07, 6.45) is 4.25. The molecule has 1 spiro atoms. The summed E-state index contributed by atoms with van der Waals surface area (Å²) < 4.78 is 6.34. The number of fused-ring (bicyclic) bond motifs is 8. The van der Waals surface area contributed by atoms with E-state index >= 15 is 0 Å². The van der Waals surface area contributed by atoms with Crippen molar-refractivity contribution < 1.29 is 4.42 Å². The standard InChI is InChI=1S/C51H38N2O/c1-3-18-38(19-4-1)52(39-20-5-2-6-21-39)45-25-12-16-36-30-32-51(49(36)45)33-31-37-17-13-26-46(50(37)51)53(44-24-11-15-35-14-7-8-22-41(35)44)40-28-29-48-43(34-40)42-23-9-10-27-47(42)54-48/h1-29,34H,30-33H2/t51-/m1/s1. The smallest absolute Gasteiger partial charge is 0.135 e. The molecule has 0 saturated carbocycles. The third kappa shape index (κ3) is 4.68. The zero-order valence-corrected chi connectivity index (χ0v) is 30.0. The molecule has 0 fully saturated rings. The number of furan rings is 1. The van der Waals surface area contributed by atoms with Crippen LogP contribution in [0.2, 0.25) is 0 Å². The van der Waals surface area contributed by atoms with Gasteiger partial charge in [0.25, 0.3) is 0 Å². The number of rotatable bonds is 6. The summed E-state index contributed by atoms with van der Waals surface area (Å²) in [5, 5.41) is 4.73. The minimum Gasteiger partial charge on any atom is -0.456 e. The summed E-state index contributed by atoms with van der Waals surface area (Å²) in [6.45, 7) is 0. The van der Waals surface area contributed by atoms with Crippen LogP contribution < -0.4 is 9.80 Å². The minimum absolute atomic E-state index is 0.158. The molecular formula is C51H38N2O. The van der Waals surface area contributed by atoms with Gasteiger partial charge in [-0.3, -0.25) is 0 Å². The molecule has 2 aliphatic carbocycles. The van der Waals surface area contributed by atoms with Crippen LogP contribution in [0.15, 0.2) is 186 Å². The topological polar surface area (TPSA) is 19.6 Å². The van der Waals surface area contributed by atoms with Crippen molar-refractivity contribution in [3.63, 3.8) is 0 Å².